The maximum atomic E-state index is 9.64. The molecule has 0 radical (unpaired) electrons. The predicted molar refractivity (Wildman–Crippen MR) is 30.5 cm³/mol. The van der Waals surface area contributed by atoms with E-state index in [0.717, 1.165) is 11.9 Å². The van der Waals surface area contributed by atoms with Crippen LogP contribution in [0.1, 0.15) is 6.92 Å². The summed E-state index contributed by atoms with van der Waals surface area (Å²) in [5.74, 6) is 0.443. The molecule has 0 aliphatic rings. The van der Waals surface area contributed by atoms with Gasteiger partial charge in [-0.15, -0.1) is 11.6 Å². The molecule has 0 fully saturated rings. The first-order valence-electron chi connectivity index (χ1n) is 1.98. The van der Waals surface area contributed by atoms with Crippen molar-refractivity contribution in [1.29, 1.82) is 0 Å². The zero-order valence-corrected chi connectivity index (χ0v) is 4.90. The zero-order valence-electron chi connectivity index (χ0n) is 4.15. The second-order valence-corrected chi connectivity index (χ2v) is 1.55. The van der Waals surface area contributed by atoms with Gasteiger partial charge in [0.25, 0.3) is 0 Å². The van der Waals surface area contributed by atoms with Gasteiger partial charge in [0.05, 0.1) is 0 Å². The van der Waals surface area contributed by atoms with Gasteiger partial charge < -0.3 is 0 Å². The molecule has 0 aromatic rings. The zero-order chi connectivity index (χ0) is 5.70. The Bertz CT molecular complexity index is 86.1. The number of hydrogen-bond donors (Lipinski definition) is 0. The molecule has 0 aromatic heterocycles. The fourth-order valence-electron chi connectivity index (χ4n) is 0.161. The molecule has 1 nitrogen and oxygen atoms in total. The molecule has 0 heterocycles. The average molecular weight is 119 g/mol. The highest BCUT2D eigenvalue weighted by Gasteiger charge is 1.78. The minimum absolute atomic E-state index is 0.443. The summed E-state index contributed by atoms with van der Waals surface area (Å²) in [6.45, 7) is 1.81. The molecule has 40 valence electrons. The smallest absolute Gasteiger partial charge is 0.142 e. The topological polar surface area (TPSA) is 17.1 Å². The van der Waals surface area contributed by atoms with Gasteiger partial charge in [0.1, 0.15) is 6.29 Å². The number of carbonyl (C=O) groups is 1. The number of aldehydes is 1. The Morgan fingerprint density at radius 1 is 1.86 bits per heavy atom. The molecule has 0 spiro atoms. The van der Waals surface area contributed by atoms with Gasteiger partial charge in [-0.1, -0.05) is 5.57 Å². The second-order valence-electron chi connectivity index (χ2n) is 1.28. The lowest BCUT2D eigenvalue weighted by Crippen LogP contribution is -1.74. The fraction of sp³-hybridized carbons (Fsp3) is 0.400. The molecule has 7 heavy (non-hydrogen) atoms. The van der Waals surface area contributed by atoms with Gasteiger partial charge in [0.15, 0.2) is 0 Å². The summed E-state index contributed by atoms with van der Waals surface area (Å²) in [6, 6.07) is 0. The van der Waals surface area contributed by atoms with E-state index in [0.29, 0.717) is 5.88 Å². The Balaban J connectivity index is 3.49. The van der Waals surface area contributed by atoms with E-state index in [1.807, 2.05) is 0 Å². The number of hydrogen-bond acceptors (Lipinski definition) is 1. The number of rotatable bonds is 2. The van der Waals surface area contributed by atoms with Gasteiger partial charge in [-0.3, -0.25) is 4.79 Å². The van der Waals surface area contributed by atoms with Crippen molar-refractivity contribution >= 4 is 17.9 Å². The number of carbonyl (C=O) groups excluding carboxylic acids is 1. The van der Waals surface area contributed by atoms with Crippen LogP contribution >= 0.6 is 11.6 Å². The Hall–Kier alpha value is -0.300. The van der Waals surface area contributed by atoms with Crippen molar-refractivity contribution in [2.24, 2.45) is 0 Å². The Kier molecular flexibility index (Phi) is 3.71. The van der Waals surface area contributed by atoms with Crippen molar-refractivity contribution in [2.45, 2.75) is 6.92 Å². The quantitative estimate of drug-likeness (QED) is 0.304. The lowest BCUT2D eigenvalue weighted by molar-refractivity contribution is -0.104. The molecule has 0 unspecified atom stereocenters. The van der Waals surface area contributed by atoms with Crippen LogP contribution in [0.5, 0.6) is 0 Å². The normalized spacial score (nSPS) is 11.4. The molecule has 0 amide bonds. The van der Waals surface area contributed by atoms with Crippen molar-refractivity contribution in [1.82, 2.24) is 0 Å². The van der Waals surface area contributed by atoms with E-state index < -0.39 is 0 Å². The Morgan fingerprint density at radius 3 is 2.57 bits per heavy atom. The van der Waals surface area contributed by atoms with E-state index in [2.05, 4.69) is 0 Å². The molecular weight excluding hydrogens is 112 g/mol. The molecule has 0 N–H and O–H groups in total. The summed E-state index contributed by atoms with van der Waals surface area (Å²) < 4.78 is 0. The Morgan fingerprint density at radius 2 is 2.43 bits per heavy atom. The highest BCUT2D eigenvalue weighted by atomic mass is 35.5. The van der Waals surface area contributed by atoms with Crippen LogP contribution in [-0.4, -0.2) is 12.2 Å². The summed E-state index contributed by atoms with van der Waals surface area (Å²) in [5.41, 5.74) is 0.900. The van der Waals surface area contributed by atoms with Gasteiger partial charge in [-0.2, -0.15) is 0 Å². The summed E-state index contributed by atoms with van der Waals surface area (Å²) in [4.78, 5) is 9.64. The maximum absolute atomic E-state index is 9.64. The fourth-order valence-corrected chi connectivity index (χ4v) is 0.250. The van der Waals surface area contributed by atoms with Crippen LogP contribution in [0.25, 0.3) is 0 Å². The number of alkyl halides is 1. The van der Waals surface area contributed by atoms with Crippen molar-refractivity contribution in [2.75, 3.05) is 5.88 Å². The first-order chi connectivity index (χ1) is 3.31. The van der Waals surface area contributed by atoms with Crippen molar-refractivity contribution < 1.29 is 4.79 Å². The summed E-state index contributed by atoms with van der Waals surface area (Å²) in [7, 11) is 0. The van der Waals surface area contributed by atoms with Crippen LogP contribution < -0.4 is 0 Å². The highest BCUT2D eigenvalue weighted by molar-refractivity contribution is 6.19. The minimum atomic E-state index is 0.443. The highest BCUT2D eigenvalue weighted by Crippen LogP contribution is 1.91. The largest absolute Gasteiger partial charge is 0.299 e. The molecular formula is C5H7ClO. The third kappa shape index (κ3) is 3.53. The van der Waals surface area contributed by atoms with E-state index in [4.69, 9.17) is 11.6 Å². The predicted octanol–water partition coefficient (Wildman–Crippen LogP) is 1.37. The van der Waals surface area contributed by atoms with Gasteiger partial charge >= 0.3 is 0 Å². The van der Waals surface area contributed by atoms with Gasteiger partial charge in [0.2, 0.25) is 0 Å². The summed E-state index contributed by atoms with van der Waals surface area (Å²) >= 11 is 5.30. The van der Waals surface area contributed by atoms with Crippen LogP contribution in [0.2, 0.25) is 0 Å². The lowest BCUT2D eigenvalue weighted by atomic mass is 10.3. The third-order valence-electron chi connectivity index (χ3n) is 0.563. The van der Waals surface area contributed by atoms with Crippen LogP contribution in [0, 0.1) is 0 Å². The van der Waals surface area contributed by atoms with Crippen LogP contribution in [0.3, 0.4) is 0 Å². The molecule has 0 aliphatic heterocycles. The van der Waals surface area contributed by atoms with Gasteiger partial charge in [-0.05, 0) is 13.0 Å². The molecule has 0 atom stereocenters. The standard InChI is InChI=1S/C5H7ClO/c1-5(4-6)2-3-7/h2-3H,4H2,1H3/b5-2+. The summed E-state index contributed by atoms with van der Waals surface area (Å²) in [5, 5.41) is 0. The lowest BCUT2D eigenvalue weighted by Gasteiger charge is -1.82. The summed E-state index contributed by atoms with van der Waals surface area (Å²) in [6.07, 6.45) is 2.19. The molecule has 0 aliphatic carbocycles. The van der Waals surface area contributed by atoms with Crippen molar-refractivity contribution in [3.05, 3.63) is 11.6 Å². The number of allylic oxidation sites excluding steroid dienone is 2. The first-order valence-corrected chi connectivity index (χ1v) is 2.51. The van der Waals surface area contributed by atoms with Gasteiger partial charge in [0, 0.05) is 5.88 Å². The van der Waals surface area contributed by atoms with E-state index in [1.54, 1.807) is 6.92 Å². The first kappa shape index (κ1) is 6.70. The third-order valence-corrected chi connectivity index (χ3v) is 0.985. The van der Waals surface area contributed by atoms with Crippen molar-refractivity contribution in [3.8, 4) is 0 Å². The number of halogens is 1. The monoisotopic (exact) mass is 118 g/mol. The van der Waals surface area contributed by atoms with E-state index in [-0.39, 0.29) is 0 Å². The molecule has 0 saturated heterocycles. The van der Waals surface area contributed by atoms with Crippen molar-refractivity contribution in [3.63, 3.8) is 0 Å². The molecule has 0 rings (SSSR count). The molecule has 0 aromatic carbocycles. The second kappa shape index (κ2) is 3.88. The SMILES string of the molecule is C/C(=C\C=O)CCl. The van der Waals surface area contributed by atoms with E-state index in [1.165, 1.54) is 6.08 Å². The van der Waals surface area contributed by atoms with E-state index in [9.17, 15) is 4.79 Å². The minimum Gasteiger partial charge on any atom is -0.299 e. The van der Waals surface area contributed by atoms with Crippen LogP contribution in [0.15, 0.2) is 11.6 Å². The molecule has 0 bridgehead atoms. The average Bonchev–Trinajstić information content (AvgIpc) is 1.68. The Labute approximate surface area is 48.0 Å². The maximum Gasteiger partial charge on any atom is 0.142 e. The van der Waals surface area contributed by atoms with Gasteiger partial charge in [-0.25, -0.2) is 0 Å². The van der Waals surface area contributed by atoms with E-state index >= 15 is 0 Å². The van der Waals surface area contributed by atoms with Crippen LogP contribution in [0.4, 0.5) is 0 Å². The van der Waals surface area contributed by atoms with Crippen LogP contribution in [-0.2, 0) is 4.79 Å². The molecule has 2 heteroatoms. The molecule has 0 saturated carbocycles.